The Morgan fingerprint density at radius 3 is 2.11 bits per heavy atom. The summed E-state index contributed by atoms with van der Waals surface area (Å²) in [5.74, 6) is 0.906. The Hall–Kier alpha value is -0.610. The lowest BCUT2D eigenvalue weighted by atomic mass is 9.85. The van der Waals surface area contributed by atoms with Crippen molar-refractivity contribution < 1.29 is 4.79 Å². The molecule has 1 amide bonds. The minimum atomic E-state index is -0.0614. The fourth-order valence-corrected chi connectivity index (χ4v) is 2.32. The fraction of sp³-hybridized carbons (Fsp3) is 0.933. The summed E-state index contributed by atoms with van der Waals surface area (Å²) in [7, 11) is 0. The normalized spacial score (nSPS) is 19.8. The van der Waals surface area contributed by atoms with Gasteiger partial charge in [-0.05, 0) is 11.3 Å². The molecule has 1 aliphatic heterocycles. The zero-order chi connectivity index (χ0) is 14.6. The van der Waals surface area contributed by atoms with Crippen LogP contribution < -0.4 is 5.73 Å². The Labute approximate surface area is 118 Å². The third kappa shape index (κ3) is 5.49. The van der Waals surface area contributed by atoms with Crippen LogP contribution in [0.4, 0.5) is 0 Å². The lowest BCUT2D eigenvalue weighted by Crippen LogP contribution is -2.51. The molecular weight excluding hydrogens is 238 g/mol. The number of hydrogen-bond acceptors (Lipinski definition) is 3. The fourth-order valence-electron chi connectivity index (χ4n) is 2.32. The first-order valence-electron chi connectivity index (χ1n) is 7.46. The lowest BCUT2D eigenvalue weighted by Gasteiger charge is -2.37. The highest BCUT2D eigenvalue weighted by Crippen LogP contribution is 2.20. The number of piperazine rings is 1. The maximum absolute atomic E-state index is 12.2. The Balaban J connectivity index is 2.37. The molecule has 0 radical (unpaired) electrons. The molecule has 112 valence electrons. The van der Waals surface area contributed by atoms with Gasteiger partial charge in [-0.25, -0.2) is 0 Å². The van der Waals surface area contributed by atoms with E-state index in [9.17, 15) is 4.79 Å². The molecule has 1 aliphatic rings. The quantitative estimate of drug-likeness (QED) is 0.842. The van der Waals surface area contributed by atoms with Gasteiger partial charge in [-0.2, -0.15) is 0 Å². The molecule has 0 aromatic heterocycles. The number of nitrogens with zero attached hydrogens (tertiary/aromatic N) is 2. The van der Waals surface area contributed by atoms with Crippen molar-refractivity contribution in [2.24, 2.45) is 17.1 Å². The number of amides is 1. The van der Waals surface area contributed by atoms with Crippen LogP contribution in [0.5, 0.6) is 0 Å². The first-order valence-corrected chi connectivity index (χ1v) is 7.46. The number of hydrogen-bond donors (Lipinski definition) is 1. The Kier molecular flexibility index (Phi) is 5.81. The Morgan fingerprint density at radius 2 is 1.68 bits per heavy atom. The summed E-state index contributed by atoms with van der Waals surface area (Å²) in [6.45, 7) is 15.6. The molecule has 19 heavy (non-hydrogen) atoms. The molecule has 1 fully saturated rings. The molecular formula is C15H31N3O. The first kappa shape index (κ1) is 16.4. The number of rotatable bonds is 4. The maximum Gasteiger partial charge on any atom is 0.224 e. The summed E-state index contributed by atoms with van der Waals surface area (Å²) in [6, 6.07) is -0.0614. The van der Waals surface area contributed by atoms with Crippen molar-refractivity contribution in [3.63, 3.8) is 0 Å². The summed E-state index contributed by atoms with van der Waals surface area (Å²) >= 11 is 0. The standard InChI is InChI=1S/C15H31N3O/c1-12(2)11-17-6-8-18(9-7-17)14(19)10-13(16)15(3,4)5/h12-13H,6-11,16H2,1-5H3. The van der Waals surface area contributed by atoms with Crippen LogP contribution >= 0.6 is 0 Å². The summed E-state index contributed by atoms with van der Waals surface area (Å²) < 4.78 is 0. The second-order valence-electron chi connectivity index (χ2n) is 7.25. The van der Waals surface area contributed by atoms with Gasteiger partial charge < -0.3 is 10.6 Å². The Morgan fingerprint density at radius 1 is 1.16 bits per heavy atom. The van der Waals surface area contributed by atoms with E-state index in [-0.39, 0.29) is 17.4 Å². The van der Waals surface area contributed by atoms with E-state index in [4.69, 9.17) is 5.73 Å². The van der Waals surface area contributed by atoms with E-state index in [2.05, 4.69) is 39.5 Å². The highest BCUT2D eigenvalue weighted by molar-refractivity contribution is 5.77. The van der Waals surface area contributed by atoms with E-state index in [0.29, 0.717) is 12.3 Å². The molecule has 1 unspecified atom stereocenters. The molecule has 1 saturated heterocycles. The van der Waals surface area contributed by atoms with Gasteiger partial charge in [0.05, 0.1) is 0 Å². The molecule has 0 spiro atoms. The van der Waals surface area contributed by atoms with E-state index in [0.717, 1.165) is 32.7 Å². The van der Waals surface area contributed by atoms with E-state index in [1.54, 1.807) is 0 Å². The van der Waals surface area contributed by atoms with Crippen LogP contribution in [0.1, 0.15) is 41.0 Å². The average Bonchev–Trinajstić information content (AvgIpc) is 2.27. The largest absolute Gasteiger partial charge is 0.340 e. The van der Waals surface area contributed by atoms with Gasteiger partial charge in [-0.3, -0.25) is 9.69 Å². The second-order valence-corrected chi connectivity index (χ2v) is 7.25. The summed E-state index contributed by atoms with van der Waals surface area (Å²) in [6.07, 6.45) is 0.466. The van der Waals surface area contributed by atoms with Crippen LogP contribution in [0.25, 0.3) is 0 Å². The predicted molar refractivity (Wildman–Crippen MR) is 79.9 cm³/mol. The molecule has 0 aromatic rings. The smallest absolute Gasteiger partial charge is 0.224 e. The topological polar surface area (TPSA) is 49.6 Å². The molecule has 4 nitrogen and oxygen atoms in total. The molecule has 2 N–H and O–H groups in total. The maximum atomic E-state index is 12.2. The van der Waals surface area contributed by atoms with Crippen LogP contribution in [0, 0.1) is 11.3 Å². The van der Waals surface area contributed by atoms with Crippen LogP contribution in [0.3, 0.4) is 0 Å². The van der Waals surface area contributed by atoms with Crippen molar-refractivity contribution in [3.8, 4) is 0 Å². The summed E-state index contributed by atoms with van der Waals surface area (Å²) in [4.78, 5) is 16.6. The van der Waals surface area contributed by atoms with Gasteiger partial charge >= 0.3 is 0 Å². The van der Waals surface area contributed by atoms with E-state index in [1.807, 2.05) is 4.90 Å². The van der Waals surface area contributed by atoms with E-state index >= 15 is 0 Å². The highest BCUT2D eigenvalue weighted by Gasteiger charge is 2.27. The van der Waals surface area contributed by atoms with Gasteiger partial charge in [0.2, 0.25) is 5.91 Å². The summed E-state index contributed by atoms with van der Waals surface area (Å²) in [5.41, 5.74) is 6.09. The SMILES string of the molecule is CC(C)CN1CCN(C(=O)CC(N)C(C)(C)C)CC1. The molecule has 0 bridgehead atoms. The molecule has 0 aliphatic carbocycles. The zero-order valence-corrected chi connectivity index (χ0v) is 13.3. The van der Waals surface area contributed by atoms with Crippen LogP contribution in [-0.2, 0) is 4.79 Å². The number of carbonyl (C=O) groups excluding carboxylic acids is 1. The van der Waals surface area contributed by atoms with Gasteiger partial charge in [0.1, 0.15) is 0 Å². The van der Waals surface area contributed by atoms with E-state index < -0.39 is 0 Å². The molecule has 1 rings (SSSR count). The van der Waals surface area contributed by atoms with Crippen molar-refractivity contribution in [1.29, 1.82) is 0 Å². The molecule has 0 aromatic carbocycles. The molecule has 1 atom stereocenters. The van der Waals surface area contributed by atoms with Crippen molar-refractivity contribution in [1.82, 2.24) is 9.80 Å². The number of carbonyl (C=O) groups is 1. The minimum absolute atomic E-state index is 0.00484. The van der Waals surface area contributed by atoms with Crippen molar-refractivity contribution in [2.75, 3.05) is 32.7 Å². The predicted octanol–water partition coefficient (Wildman–Crippen LogP) is 1.55. The first-order chi connectivity index (χ1) is 8.70. The van der Waals surface area contributed by atoms with Gasteiger partial charge in [0, 0.05) is 45.2 Å². The minimum Gasteiger partial charge on any atom is -0.340 e. The van der Waals surface area contributed by atoms with Crippen molar-refractivity contribution >= 4 is 5.91 Å². The van der Waals surface area contributed by atoms with Gasteiger partial charge in [-0.15, -0.1) is 0 Å². The van der Waals surface area contributed by atoms with Gasteiger partial charge in [0.15, 0.2) is 0 Å². The third-order valence-corrected chi connectivity index (χ3v) is 3.86. The van der Waals surface area contributed by atoms with Crippen LogP contribution in [0.15, 0.2) is 0 Å². The second kappa shape index (κ2) is 6.71. The van der Waals surface area contributed by atoms with Gasteiger partial charge in [-0.1, -0.05) is 34.6 Å². The number of nitrogens with two attached hydrogens (primary N) is 1. The third-order valence-electron chi connectivity index (χ3n) is 3.86. The molecule has 0 saturated carbocycles. The average molecular weight is 269 g/mol. The monoisotopic (exact) mass is 269 g/mol. The van der Waals surface area contributed by atoms with Gasteiger partial charge in [0.25, 0.3) is 0 Å². The highest BCUT2D eigenvalue weighted by atomic mass is 16.2. The van der Waals surface area contributed by atoms with E-state index in [1.165, 1.54) is 0 Å². The zero-order valence-electron chi connectivity index (χ0n) is 13.3. The van der Waals surface area contributed by atoms with Crippen molar-refractivity contribution in [2.45, 2.75) is 47.1 Å². The lowest BCUT2D eigenvalue weighted by molar-refractivity contribution is -0.133. The molecule has 1 heterocycles. The van der Waals surface area contributed by atoms with Crippen LogP contribution in [0.2, 0.25) is 0 Å². The molecule has 4 heteroatoms. The Bertz CT molecular complexity index is 288. The summed E-state index contributed by atoms with van der Waals surface area (Å²) in [5, 5.41) is 0. The van der Waals surface area contributed by atoms with Crippen LogP contribution in [-0.4, -0.2) is 54.5 Å². The van der Waals surface area contributed by atoms with Crippen molar-refractivity contribution in [3.05, 3.63) is 0 Å².